The van der Waals surface area contributed by atoms with Crippen molar-refractivity contribution in [1.82, 2.24) is 29.7 Å². The maximum absolute atomic E-state index is 4.62. The standard InChI is InChI=1S/C16H26N6/c1-13(2)22-12-16(14(3)18-22)11-20-7-4-5-15(9-20)10-21-8-6-17-19-21/h6,8,12-13,15H,4-5,7,9-11H2,1-3H3. The van der Waals surface area contributed by atoms with E-state index in [-0.39, 0.29) is 0 Å². The molecule has 3 rings (SSSR count). The van der Waals surface area contributed by atoms with E-state index in [1.54, 1.807) is 6.20 Å². The molecule has 0 amide bonds. The molecular weight excluding hydrogens is 276 g/mol. The molecule has 0 aliphatic carbocycles. The van der Waals surface area contributed by atoms with E-state index in [1.165, 1.54) is 24.9 Å². The van der Waals surface area contributed by atoms with Gasteiger partial charge in [0.2, 0.25) is 0 Å². The Bertz CT molecular complexity index is 586. The van der Waals surface area contributed by atoms with Crippen LogP contribution in [0.25, 0.3) is 0 Å². The van der Waals surface area contributed by atoms with Gasteiger partial charge in [-0.3, -0.25) is 14.3 Å². The van der Waals surface area contributed by atoms with Crippen LogP contribution in [0, 0.1) is 12.8 Å². The molecule has 0 radical (unpaired) electrons. The van der Waals surface area contributed by atoms with Crippen LogP contribution in [0.15, 0.2) is 18.6 Å². The van der Waals surface area contributed by atoms with Crippen LogP contribution < -0.4 is 0 Å². The molecule has 120 valence electrons. The highest BCUT2D eigenvalue weighted by Crippen LogP contribution is 2.21. The Kier molecular flexibility index (Phi) is 4.57. The molecule has 1 unspecified atom stereocenters. The maximum Gasteiger partial charge on any atom is 0.0692 e. The normalized spacial score (nSPS) is 19.9. The largest absolute Gasteiger partial charge is 0.299 e. The van der Waals surface area contributed by atoms with Crippen LogP contribution in [-0.2, 0) is 13.1 Å². The van der Waals surface area contributed by atoms with Gasteiger partial charge in [-0.05, 0) is 46.1 Å². The highest BCUT2D eigenvalue weighted by molar-refractivity contribution is 5.15. The summed E-state index contributed by atoms with van der Waals surface area (Å²) in [4.78, 5) is 2.56. The average Bonchev–Trinajstić information content (AvgIpc) is 3.10. The monoisotopic (exact) mass is 302 g/mol. The molecule has 2 aromatic heterocycles. The lowest BCUT2D eigenvalue weighted by atomic mass is 9.97. The zero-order valence-corrected chi connectivity index (χ0v) is 13.8. The lowest BCUT2D eigenvalue weighted by molar-refractivity contribution is 0.152. The zero-order valence-electron chi connectivity index (χ0n) is 13.8. The van der Waals surface area contributed by atoms with Gasteiger partial charge in [-0.15, -0.1) is 5.10 Å². The van der Waals surface area contributed by atoms with E-state index in [9.17, 15) is 0 Å². The Hall–Kier alpha value is -1.69. The van der Waals surface area contributed by atoms with Gasteiger partial charge in [0.25, 0.3) is 0 Å². The third kappa shape index (κ3) is 3.55. The molecular formula is C16H26N6. The van der Waals surface area contributed by atoms with Gasteiger partial charge in [-0.2, -0.15) is 5.10 Å². The summed E-state index contributed by atoms with van der Waals surface area (Å²) < 4.78 is 4.03. The van der Waals surface area contributed by atoms with Crippen molar-refractivity contribution in [2.75, 3.05) is 13.1 Å². The molecule has 0 saturated carbocycles. The number of hydrogen-bond acceptors (Lipinski definition) is 4. The van der Waals surface area contributed by atoms with Crippen LogP contribution >= 0.6 is 0 Å². The summed E-state index contributed by atoms with van der Waals surface area (Å²) in [7, 11) is 0. The lowest BCUT2D eigenvalue weighted by Gasteiger charge is -2.32. The third-order valence-electron chi connectivity index (χ3n) is 4.46. The van der Waals surface area contributed by atoms with E-state index in [0.717, 1.165) is 25.3 Å². The van der Waals surface area contributed by atoms with Crippen molar-refractivity contribution in [1.29, 1.82) is 0 Å². The molecule has 1 aliphatic heterocycles. The van der Waals surface area contributed by atoms with Crippen LogP contribution in [0.4, 0.5) is 0 Å². The molecule has 0 N–H and O–H groups in total. The van der Waals surface area contributed by atoms with Gasteiger partial charge >= 0.3 is 0 Å². The molecule has 0 spiro atoms. The van der Waals surface area contributed by atoms with Gasteiger partial charge in [0.05, 0.1) is 11.9 Å². The first-order valence-corrected chi connectivity index (χ1v) is 8.23. The van der Waals surface area contributed by atoms with Gasteiger partial charge in [0.1, 0.15) is 0 Å². The van der Waals surface area contributed by atoms with Crippen molar-refractivity contribution < 1.29 is 0 Å². The highest BCUT2D eigenvalue weighted by atomic mass is 15.4. The van der Waals surface area contributed by atoms with Crippen molar-refractivity contribution in [2.24, 2.45) is 5.92 Å². The van der Waals surface area contributed by atoms with Crippen molar-refractivity contribution in [2.45, 2.75) is 52.7 Å². The van der Waals surface area contributed by atoms with Gasteiger partial charge in [0.15, 0.2) is 0 Å². The number of aryl methyl sites for hydroxylation is 1. The van der Waals surface area contributed by atoms with E-state index in [4.69, 9.17) is 0 Å². The molecule has 0 bridgehead atoms. The summed E-state index contributed by atoms with van der Waals surface area (Å²) in [5.74, 6) is 0.663. The summed E-state index contributed by atoms with van der Waals surface area (Å²) in [6.45, 7) is 10.8. The lowest BCUT2D eigenvalue weighted by Crippen LogP contribution is -2.36. The molecule has 1 saturated heterocycles. The minimum Gasteiger partial charge on any atom is -0.299 e. The number of hydrogen-bond donors (Lipinski definition) is 0. The number of nitrogens with zero attached hydrogens (tertiary/aromatic N) is 6. The first kappa shape index (κ1) is 15.2. The fraction of sp³-hybridized carbons (Fsp3) is 0.688. The van der Waals surface area contributed by atoms with Gasteiger partial charge in [0, 0.05) is 43.6 Å². The summed E-state index contributed by atoms with van der Waals surface area (Å²) in [6, 6.07) is 0.425. The van der Waals surface area contributed by atoms with Crippen LogP contribution in [0.1, 0.15) is 44.0 Å². The van der Waals surface area contributed by atoms with Crippen LogP contribution in [0.5, 0.6) is 0 Å². The van der Waals surface area contributed by atoms with Crippen LogP contribution in [0.3, 0.4) is 0 Å². The second kappa shape index (κ2) is 6.60. The Morgan fingerprint density at radius 2 is 2.23 bits per heavy atom. The second-order valence-electron chi connectivity index (χ2n) is 6.68. The SMILES string of the molecule is Cc1nn(C(C)C)cc1CN1CCCC(Cn2ccnn2)C1. The van der Waals surface area contributed by atoms with Crippen molar-refractivity contribution in [3.8, 4) is 0 Å². The Morgan fingerprint density at radius 1 is 1.36 bits per heavy atom. The highest BCUT2D eigenvalue weighted by Gasteiger charge is 2.21. The number of aromatic nitrogens is 5. The Balaban J connectivity index is 1.60. The third-order valence-corrected chi connectivity index (χ3v) is 4.46. The Morgan fingerprint density at radius 3 is 2.91 bits per heavy atom. The van der Waals surface area contributed by atoms with Gasteiger partial charge < -0.3 is 0 Å². The molecule has 22 heavy (non-hydrogen) atoms. The zero-order chi connectivity index (χ0) is 15.5. The summed E-state index contributed by atoms with van der Waals surface area (Å²) in [6.07, 6.45) is 8.46. The summed E-state index contributed by atoms with van der Waals surface area (Å²) in [5.41, 5.74) is 2.52. The quantitative estimate of drug-likeness (QED) is 0.850. The van der Waals surface area contributed by atoms with E-state index in [2.05, 4.69) is 52.0 Å². The molecule has 0 aromatic carbocycles. The predicted octanol–water partition coefficient (Wildman–Crippen LogP) is 2.28. The fourth-order valence-electron chi connectivity index (χ4n) is 3.22. The molecule has 1 fully saturated rings. The van der Waals surface area contributed by atoms with Crippen molar-refractivity contribution in [3.05, 3.63) is 29.8 Å². The molecule has 3 heterocycles. The summed E-state index contributed by atoms with van der Waals surface area (Å²) in [5, 5.41) is 12.6. The first-order valence-electron chi connectivity index (χ1n) is 8.23. The fourth-order valence-corrected chi connectivity index (χ4v) is 3.22. The molecule has 6 nitrogen and oxygen atoms in total. The molecule has 1 aliphatic rings. The van der Waals surface area contributed by atoms with Crippen LogP contribution in [-0.4, -0.2) is 42.8 Å². The van der Waals surface area contributed by atoms with Crippen LogP contribution in [0.2, 0.25) is 0 Å². The first-order chi connectivity index (χ1) is 10.6. The molecule has 6 heteroatoms. The van der Waals surface area contributed by atoms with E-state index in [0.29, 0.717) is 12.0 Å². The second-order valence-corrected chi connectivity index (χ2v) is 6.68. The van der Waals surface area contributed by atoms with E-state index < -0.39 is 0 Å². The van der Waals surface area contributed by atoms with Gasteiger partial charge in [-0.25, -0.2) is 0 Å². The van der Waals surface area contributed by atoms with E-state index >= 15 is 0 Å². The maximum atomic E-state index is 4.62. The number of piperidine rings is 1. The van der Waals surface area contributed by atoms with E-state index in [1.807, 2.05) is 10.9 Å². The molecule has 2 aromatic rings. The van der Waals surface area contributed by atoms with Crippen molar-refractivity contribution in [3.63, 3.8) is 0 Å². The smallest absolute Gasteiger partial charge is 0.0692 e. The average molecular weight is 302 g/mol. The van der Waals surface area contributed by atoms with Crippen molar-refractivity contribution >= 4 is 0 Å². The summed E-state index contributed by atoms with van der Waals surface area (Å²) >= 11 is 0. The Labute approximate surface area is 132 Å². The molecule has 1 atom stereocenters. The minimum absolute atomic E-state index is 0.425. The van der Waals surface area contributed by atoms with Gasteiger partial charge in [-0.1, -0.05) is 5.21 Å². The number of likely N-dealkylation sites (tertiary alicyclic amines) is 1. The minimum atomic E-state index is 0.425. The number of rotatable bonds is 5. The predicted molar refractivity (Wildman–Crippen MR) is 85.4 cm³/mol. The topological polar surface area (TPSA) is 51.8 Å².